The first kappa shape index (κ1) is 14.3. The zero-order valence-corrected chi connectivity index (χ0v) is 12.6. The molecule has 1 aromatic carbocycles. The fourth-order valence-corrected chi connectivity index (χ4v) is 3.24. The molecule has 1 aliphatic heterocycles. The van der Waals surface area contributed by atoms with Gasteiger partial charge in [0.1, 0.15) is 0 Å². The third kappa shape index (κ3) is 3.73. The van der Waals surface area contributed by atoms with Crippen LogP contribution in [-0.2, 0) is 11.3 Å². The summed E-state index contributed by atoms with van der Waals surface area (Å²) in [6, 6.07) is 10.6. The van der Waals surface area contributed by atoms with E-state index >= 15 is 0 Å². The Bertz CT molecular complexity index is 489. The molecule has 0 spiro atoms. The molecule has 0 bridgehead atoms. The number of hydrogen-bond acceptors (Lipinski definition) is 2. The molecule has 1 fully saturated rings. The Morgan fingerprint density at radius 1 is 1.05 bits per heavy atom. The summed E-state index contributed by atoms with van der Waals surface area (Å²) < 4.78 is 0. The first-order chi connectivity index (χ1) is 10.3. The highest BCUT2D eigenvalue weighted by atomic mass is 16.2. The molecule has 3 rings (SSSR count). The van der Waals surface area contributed by atoms with Crippen LogP contribution in [0, 0.1) is 5.92 Å². The molecule has 0 aromatic heterocycles. The third-order valence-electron chi connectivity index (χ3n) is 4.55. The van der Waals surface area contributed by atoms with Gasteiger partial charge in [-0.15, -0.1) is 0 Å². The lowest BCUT2D eigenvalue weighted by Gasteiger charge is -2.36. The van der Waals surface area contributed by atoms with Gasteiger partial charge < -0.3 is 4.90 Å². The van der Waals surface area contributed by atoms with Crippen LogP contribution in [0.3, 0.4) is 0 Å². The van der Waals surface area contributed by atoms with Crippen molar-refractivity contribution in [2.75, 3.05) is 26.2 Å². The Kier molecular flexibility index (Phi) is 4.71. The maximum absolute atomic E-state index is 12.5. The smallest absolute Gasteiger partial charge is 0.226 e. The van der Waals surface area contributed by atoms with Crippen molar-refractivity contribution in [3.63, 3.8) is 0 Å². The molecular formula is C18H24N2O. The summed E-state index contributed by atoms with van der Waals surface area (Å²) in [5.74, 6) is 0.606. The summed E-state index contributed by atoms with van der Waals surface area (Å²) in [5, 5.41) is 0. The van der Waals surface area contributed by atoms with E-state index in [4.69, 9.17) is 0 Å². The summed E-state index contributed by atoms with van der Waals surface area (Å²) >= 11 is 0. The predicted molar refractivity (Wildman–Crippen MR) is 84.8 cm³/mol. The lowest BCUT2D eigenvalue weighted by Crippen LogP contribution is -2.50. The second-order valence-corrected chi connectivity index (χ2v) is 6.07. The van der Waals surface area contributed by atoms with Crippen LogP contribution in [0.2, 0.25) is 0 Å². The highest BCUT2D eigenvalue weighted by Crippen LogP contribution is 2.21. The number of piperazine rings is 1. The zero-order valence-electron chi connectivity index (χ0n) is 12.6. The van der Waals surface area contributed by atoms with Gasteiger partial charge in [-0.3, -0.25) is 9.69 Å². The Labute approximate surface area is 127 Å². The monoisotopic (exact) mass is 284 g/mol. The first-order valence-electron chi connectivity index (χ1n) is 8.03. The number of carbonyl (C=O) groups is 1. The van der Waals surface area contributed by atoms with E-state index in [9.17, 15) is 4.79 Å². The normalized spacial score (nSPS) is 23.2. The fourth-order valence-electron chi connectivity index (χ4n) is 3.24. The van der Waals surface area contributed by atoms with Gasteiger partial charge in [0.2, 0.25) is 5.91 Å². The van der Waals surface area contributed by atoms with Crippen LogP contribution in [0.1, 0.15) is 24.8 Å². The minimum absolute atomic E-state index is 0.232. The van der Waals surface area contributed by atoms with Crippen LogP contribution in [0.5, 0.6) is 0 Å². The number of nitrogens with zero attached hydrogens (tertiary/aromatic N) is 2. The first-order valence-corrected chi connectivity index (χ1v) is 8.03. The van der Waals surface area contributed by atoms with Crippen molar-refractivity contribution in [3.05, 3.63) is 48.0 Å². The van der Waals surface area contributed by atoms with E-state index in [0.717, 1.165) is 52.0 Å². The second kappa shape index (κ2) is 6.90. The van der Waals surface area contributed by atoms with Crippen LogP contribution >= 0.6 is 0 Å². The number of hydrogen-bond donors (Lipinski definition) is 0. The minimum atomic E-state index is 0.232. The van der Waals surface area contributed by atoms with Crippen molar-refractivity contribution in [2.24, 2.45) is 5.92 Å². The topological polar surface area (TPSA) is 23.6 Å². The molecule has 1 heterocycles. The van der Waals surface area contributed by atoms with Crippen molar-refractivity contribution in [1.29, 1.82) is 0 Å². The highest BCUT2D eigenvalue weighted by Gasteiger charge is 2.27. The number of rotatable bonds is 3. The van der Waals surface area contributed by atoms with E-state index in [1.54, 1.807) is 0 Å². The SMILES string of the molecule is O=C([C@H]1CC=CCC1)N1CCN(Cc2ccccc2)CC1. The van der Waals surface area contributed by atoms with Gasteiger partial charge in [0.05, 0.1) is 0 Å². The second-order valence-electron chi connectivity index (χ2n) is 6.07. The maximum atomic E-state index is 12.5. The Morgan fingerprint density at radius 2 is 1.81 bits per heavy atom. The lowest BCUT2D eigenvalue weighted by molar-refractivity contribution is -0.137. The van der Waals surface area contributed by atoms with Crippen molar-refractivity contribution in [3.8, 4) is 0 Å². The Hall–Kier alpha value is -1.61. The van der Waals surface area contributed by atoms with E-state index in [0.29, 0.717) is 5.91 Å². The lowest BCUT2D eigenvalue weighted by atomic mass is 9.93. The van der Waals surface area contributed by atoms with Gasteiger partial charge in [0.25, 0.3) is 0 Å². The maximum Gasteiger partial charge on any atom is 0.226 e. The van der Waals surface area contributed by atoms with Gasteiger partial charge in [0, 0.05) is 38.6 Å². The number of benzene rings is 1. The number of carbonyl (C=O) groups excluding carboxylic acids is 1. The van der Waals surface area contributed by atoms with Gasteiger partial charge in [-0.25, -0.2) is 0 Å². The fraction of sp³-hybridized carbons (Fsp3) is 0.500. The van der Waals surface area contributed by atoms with E-state index in [-0.39, 0.29) is 5.92 Å². The van der Waals surface area contributed by atoms with E-state index in [2.05, 4.69) is 52.3 Å². The quantitative estimate of drug-likeness (QED) is 0.797. The molecule has 1 amide bonds. The van der Waals surface area contributed by atoms with Gasteiger partial charge in [-0.2, -0.15) is 0 Å². The molecule has 0 radical (unpaired) electrons. The summed E-state index contributed by atoms with van der Waals surface area (Å²) in [6.07, 6.45) is 7.38. The molecule has 1 atom stereocenters. The van der Waals surface area contributed by atoms with Gasteiger partial charge in [-0.05, 0) is 24.8 Å². The standard InChI is InChI=1S/C18H24N2O/c21-18(17-9-5-2-6-10-17)20-13-11-19(12-14-20)15-16-7-3-1-4-8-16/h1-5,7-8,17H,6,9-15H2/t17-/m0/s1. The highest BCUT2D eigenvalue weighted by molar-refractivity contribution is 5.79. The van der Waals surface area contributed by atoms with E-state index < -0.39 is 0 Å². The molecule has 2 aliphatic rings. The molecule has 3 heteroatoms. The molecule has 0 saturated carbocycles. The van der Waals surface area contributed by atoms with Crippen molar-refractivity contribution < 1.29 is 4.79 Å². The van der Waals surface area contributed by atoms with Crippen molar-refractivity contribution in [1.82, 2.24) is 9.80 Å². The van der Waals surface area contributed by atoms with Crippen LogP contribution in [0.25, 0.3) is 0 Å². The van der Waals surface area contributed by atoms with Crippen LogP contribution in [0.15, 0.2) is 42.5 Å². The summed E-state index contributed by atoms with van der Waals surface area (Å²) in [4.78, 5) is 17.0. The summed E-state index contributed by atoms with van der Waals surface area (Å²) in [5.41, 5.74) is 1.36. The number of amides is 1. The molecule has 0 N–H and O–H groups in total. The zero-order chi connectivity index (χ0) is 14.5. The molecule has 1 aromatic rings. The largest absolute Gasteiger partial charge is 0.340 e. The molecular weight excluding hydrogens is 260 g/mol. The molecule has 3 nitrogen and oxygen atoms in total. The minimum Gasteiger partial charge on any atom is -0.340 e. The molecule has 1 saturated heterocycles. The van der Waals surface area contributed by atoms with Gasteiger partial charge in [-0.1, -0.05) is 42.5 Å². The Morgan fingerprint density at radius 3 is 2.48 bits per heavy atom. The summed E-state index contributed by atoms with van der Waals surface area (Å²) in [7, 11) is 0. The third-order valence-corrected chi connectivity index (χ3v) is 4.55. The number of allylic oxidation sites excluding steroid dienone is 2. The van der Waals surface area contributed by atoms with Crippen LogP contribution < -0.4 is 0 Å². The van der Waals surface area contributed by atoms with Crippen molar-refractivity contribution in [2.45, 2.75) is 25.8 Å². The van der Waals surface area contributed by atoms with E-state index in [1.165, 1.54) is 5.56 Å². The molecule has 21 heavy (non-hydrogen) atoms. The molecule has 0 unspecified atom stereocenters. The molecule has 1 aliphatic carbocycles. The van der Waals surface area contributed by atoms with Crippen molar-refractivity contribution >= 4 is 5.91 Å². The molecule has 112 valence electrons. The predicted octanol–water partition coefficient (Wildman–Crippen LogP) is 2.69. The average Bonchev–Trinajstić information content (AvgIpc) is 2.57. The van der Waals surface area contributed by atoms with Gasteiger partial charge in [0.15, 0.2) is 0 Å². The van der Waals surface area contributed by atoms with E-state index in [1.807, 2.05) is 0 Å². The van der Waals surface area contributed by atoms with Gasteiger partial charge >= 0.3 is 0 Å². The van der Waals surface area contributed by atoms with Crippen LogP contribution in [-0.4, -0.2) is 41.9 Å². The summed E-state index contributed by atoms with van der Waals surface area (Å²) in [6.45, 7) is 4.74. The van der Waals surface area contributed by atoms with Crippen LogP contribution in [0.4, 0.5) is 0 Å². The average molecular weight is 284 g/mol. The Balaban J connectivity index is 1.48.